The van der Waals surface area contributed by atoms with Gasteiger partial charge in [0.25, 0.3) is 0 Å². The number of hydrogen-bond acceptors (Lipinski definition) is 4. The van der Waals surface area contributed by atoms with Gasteiger partial charge in [-0.1, -0.05) is 18.6 Å². The molecule has 124 valence electrons. The number of nitrogens with one attached hydrogen (secondary N) is 1. The van der Waals surface area contributed by atoms with Crippen molar-refractivity contribution in [2.24, 2.45) is 0 Å². The number of nitrogens with zero attached hydrogens (tertiary/aromatic N) is 2. The summed E-state index contributed by atoms with van der Waals surface area (Å²) in [5.41, 5.74) is 2.97. The minimum atomic E-state index is 0.322. The van der Waals surface area contributed by atoms with Gasteiger partial charge in [-0.2, -0.15) is 5.26 Å². The van der Waals surface area contributed by atoms with Crippen LogP contribution < -0.4 is 10.1 Å². The van der Waals surface area contributed by atoms with E-state index in [4.69, 9.17) is 10.00 Å². The molecule has 0 spiro atoms. The van der Waals surface area contributed by atoms with Gasteiger partial charge < -0.3 is 10.1 Å². The standard InChI is InChI=1S/C20H23N3O/c21-13-16-5-4-6-17(11-16)14-22-15-18-9-10-23-20(12-18)24-19-7-2-1-3-8-19/h4-6,9-12,19,22H,1-3,7-8,14-15H2. The summed E-state index contributed by atoms with van der Waals surface area (Å²) in [6.45, 7) is 1.48. The van der Waals surface area contributed by atoms with Crippen molar-refractivity contribution in [3.63, 3.8) is 0 Å². The summed E-state index contributed by atoms with van der Waals surface area (Å²) in [5, 5.41) is 12.3. The Hall–Kier alpha value is -2.38. The number of hydrogen-bond donors (Lipinski definition) is 1. The summed E-state index contributed by atoms with van der Waals surface area (Å²) < 4.78 is 6.02. The topological polar surface area (TPSA) is 57.9 Å². The van der Waals surface area contributed by atoms with Crippen LogP contribution in [0.1, 0.15) is 48.8 Å². The van der Waals surface area contributed by atoms with Crippen LogP contribution >= 0.6 is 0 Å². The van der Waals surface area contributed by atoms with Crippen molar-refractivity contribution in [1.82, 2.24) is 10.3 Å². The van der Waals surface area contributed by atoms with Crippen LogP contribution in [0.5, 0.6) is 5.88 Å². The minimum Gasteiger partial charge on any atom is -0.474 e. The van der Waals surface area contributed by atoms with E-state index in [-0.39, 0.29) is 0 Å². The Balaban J connectivity index is 1.51. The highest BCUT2D eigenvalue weighted by molar-refractivity contribution is 5.32. The van der Waals surface area contributed by atoms with E-state index in [0.717, 1.165) is 42.9 Å². The molecule has 1 heterocycles. The van der Waals surface area contributed by atoms with Gasteiger partial charge >= 0.3 is 0 Å². The summed E-state index contributed by atoms with van der Waals surface area (Å²) in [6.07, 6.45) is 8.25. The minimum absolute atomic E-state index is 0.322. The fourth-order valence-corrected chi connectivity index (χ4v) is 3.08. The monoisotopic (exact) mass is 321 g/mol. The zero-order valence-corrected chi connectivity index (χ0v) is 13.9. The van der Waals surface area contributed by atoms with E-state index < -0.39 is 0 Å². The third-order valence-electron chi connectivity index (χ3n) is 4.35. The molecule has 3 rings (SSSR count). The third kappa shape index (κ3) is 4.81. The molecular weight excluding hydrogens is 298 g/mol. The van der Waals surface area contributed by atoms with Crippen LogP contribution in [-0.2, 0) is 13.1 Å². The molecule has 1 aliphatic rings. The van der Waals surface area contributed by atoms with Gasteiger partial charge in [0.05, 0.1) is 11.6 Å². The molecule has 1 saturated carbocycles. The van der Waals surface area contributed by atoms with E-state index >= 15 is 0 Å². The lowest BCUT2D eigenvalue weighted by atomic mass is 9.98. The van der Waals surface area contributed by atoms with E-state index in [2.05, 4.69) is 16.4 Å². The number of ether oxygens (including phenoxy) is 1. The Morgan fingerprint density at radius 3 is 2.67 bits per heavy atom. The Morgan fingerprint density at radius 2 is 1.88 bits per heavy atom. The van der Waals surface area contributed by atoms with Gasteiger partial charge in [-0.25, -0.2) is 4.98 Å². The highest BCUT2D eigenvalue weighted by Crippen LogP contribution is 2.22. The predicted molar refractivity (Wildman–Crippen MR) is 93.4 cm³/mol. The van der Waals surface area contributed by atoms with E-state index in [0.29, 0.717) is 11.7 Å². The molecule has 1 aliphatic carbocycles. The van der Waals surface area contributed by atoms with Crippen LogP contribution in [-0.4, -0.2) is 11.1 Å². The second-order valence-corrected chi connectivity index (χ2v) is 6.30. The first kappa shape index (κ1) is 16.5. The maximum atomic E-state index is 8.94. The maximum Gasteiger partial charge on any atom is 0.213 e. The van der Waals surface area contributed by atoms with Crippen LogP contribution in [0.2, 0.25) is 0 Å². The summed E-state index contributed by atoms with van der Waals surface area (Å²) >= 11 is 0. The number of aromatic nitrogens is 1. The van der Waals surface area contributed by atoms with Crippen LogP contribution in [0.3, 0.4) is 0 Å². The maximum absolute atomic E-state index is 8.94. The molecule has 24 heavy (non-hydrogen) atoms. The van der Waals surface area contributed by atoms with Crippen LogP contribution in [0, 0.1) is 11.3 Å². The van der Waals surface area contributed by atoms with E-state index in [1.165, 1.54) is 19.3 Å². The second-order valence-electron chi connectivity index (χ2n) is 6.30. The lowest BCUT2D eigenvalue weighted by Gasteiger charge is -2.22. The van der Waals surface area contributed by atoms with Crippen molar-refractivity contribution < 1.29 is 4.74 Å². The van der Waals surface area contributed by atoms with Gasteiger partial charge in [-0.05, 0) is 55.0 Å². The largest absolute Gasteiger partial charge is 0.474 e. The Morgan fingerprint density at radius 1 is 1.08 bits per heavy atom. The molecule has 1 N–H and O–H groups in total. The number of benzene rings is 1. The van der Waals surface area contributed by atoms with Crippen LogP contribution in [0.4, 0.5) is 0 Å². The molecular formula is C20H23N3O. The fraction of sp³-hybridized carbons (Fsp3) is 0.400. The van der Waals surface area contributed by atoms with Crippen molar-refractivity contribution in [3.05, 3.63) is 59.3 Å². The predicted octanol–water partition coefficient (Wildman–Crippen LogP) is 3.95. The molecule has 0 amide bonds. The van der Waals surface area contributed by atoms with Crippen molar-refractivity contribution in [2.75, 3.05) is 0 Å². The smallest absolute Gasteiger partial charge is 0.213 e. The number of pyridine rings is 1. The molecule has 2 aromatic rings. The van der Waals surface area contributed by atoms with Gasteiger partial charge in [0.1, 0.15) is 6.10 Å². The second kappa shape index (κ2) is 8.47. The first-order chi connectivity index (χ1) is 11.8. The van der Waals surface area contributed by atoms with Crippen molar-refractivity contribution in [3.8, 4) is 11.9 Å². The molecule has 1 aromatic carbocycles. The molecule has 0 saturated heterocycles. The van der Waals surface area contributed by atoms with E-state index in [1.807, 2.05) is 42.6 Å². The summed E-state index contributed by atoms with van der Waals surface area (Å²) in [5.74, 6) is 0.729. The molecule has 4 nitrogen and oxygen atoms in total. The first-order valence-corrected chi connectivity index (χ1v) is 8.65. The van der Waals surface area contributed by atoms with Gasteiger partial charge in [0, 0.05) is 25.4 Å². The van der Waals surface area contributed by atoms with E-state index in [1.54, 1.807) is 0 Å². The number of rotatable bonds is 6. The highest BCUT2D eigenvalue weighted by atomic mass is 16.5. The average molecular weight is 321 g/mol. The Kier molecular flexibility index (Phi) is 5.81. The highest BCUT2D eigenvalue weighted by Gasteiger charge is 2.15. The fourth-order valence-electron chi connectivity index (χ4n) is 3.08. The van der Waals surface area contributed by atoms with Crippen molar-refractivity contribution in [2.45, 2.75) is 51.3 Å². The van der Waals surface area contributed by atoms with Crippen molar-refractivity contribution in [1.29, 1.82) is 5.26 Å². The Bertz CT molecular complexity index is 702. The molecule has 0 atom stereocenters. The zero-order chi connectivity index (χ0) is 16.6. The van der Waals surface area contributed by atoms with E-state index in [9.17, 15) is 0 Å². The molecule has 0 unspecified atom stereocenters. The summed E-state index contributed by atoms with van der Waals surface area (Å²) in [4.78, 5) is 4.34. The Labute approximate surface area is 143 Å². The zero-order valence-electron chi connectivity index (χ0n) is 13.9. The molecule has 0 radical (unpaired) electrons. The summed E-state index contributed by atoms with van der Waals surface area (Å²) in [7, 11) is 0. The molecule has 4 heteroatoms. The molecule has 0 aliphatic heterocycles. The quantitative estimate of drug-likeness (QED) is 0.875. The third-order valence-corrected chi connectivity index (χ3v) is 4.35. The SMILES string of the molecule is N#Cc1cccc(CNCc2ccnc(OC3CCCCC3)c2)c1. The molecule has 1 aromatic heterocycles. The van der Waals surface area contributed by atoms with Gasteiger partial charge in [0.15, 0.2) is 0 Å². The number of nitriles is 1. The van der Waals surface area contributed by atoms with Gasteiger partial charge in [0.2, 0.25) is 5.88 Å². The normalized spacial score (nSPS) is 15.0. The van der Waals surface area contributed by atoms with Crippen molar-refractivity contribution >= 4 is 0 Å². The lowest BCUT2D eigenvalue weighted by molar-refractivity contribution is 0.148. The van der Waals surface area contributed by atoms with Gasteiger partial charge in [-0.3, -0.25) is 0 Å². The summed E-state index contributed by atoms with van der Waals surface area (Å²) in [6, 6.07) is 13.9. The van der Waals surface area contributed by atoms with Crippen LogP contribution in [0.15, 0.2) is 42.6 Å². The van der Waals surface area contributed by atoms with Crippen LogP contribution in [0.25, 0.3) is 0 Å². The average Bonchev–Trinajstić information content (AvgIpc) is 2.63. The van der Waals surface area contributed by atoms with Gasteiger partial charge in [-0.15, -0.1) is 0 Å². The molecule has 1 fully saturated rings. The first-order valence-electron chi connectivity index (χ1n) is 8.65. The molecule has 0 bridgehead atoms. The lowest BCUT2D eigenvalue weighted by Crippen LogP contribution is -2.20.